The predicted molar refractivity (Wildman–Crippen MR) is 139 cm³/mol. The molecule has 1 aromatic heterocycles. The number of aromatic nitrogens is 2. The molecule has 2 aromatic carbocycles. The van der Waals surface area contributed by atoms with Crippen molar-refractivity contribution in [3.05, 3.63) is 80.3 Å². The number of carbonyl (C=O) groups excluding carboxylic acids is 1. The number of H-pyrrole nitrogens is 1. The molecule has 3 aromatic rings. The molecule has 8 nitrogen and oxygen atoms in total. The molecule has 4 rings (SSSR count). The Hall–Kier alpha value is -3.72. The Morgan fingerprint density at radius 2 is 1.88 bits per heavy atom. The Bertz CT molecular complexity index is 1380. The van der Waals surface area contributed by atoms with Crippen LogP contribution in [-0.4, -0.2) is 40.1 Å². The molecule has 0 aliphatic carbocycles. The molecule has 1 aliphatic heterocycles. The topological polar surface area (TPSA) is 94.5 Å². The smallest absolute Gasteiger partial charge is 0.280 e. The molecule has 9 heteroatoms. The summed E-state index contributed by atoms with van der Waals surface area (Å²) in [6.45, 7) is 8.39. The number of hydrazone groups is 1. The van der Waals surface area contributed by atoms with Gasteiger partial charge in [-0.25, -0.2) is 4.68 Å². The van der Waals surface area contributed by atoms with E-state index in [0.717, 1.165) is 34.6 Å². The van der Waals surface area contributed by atoms with Crippen molar-refractivity contribution >= 4 is 34.6 Å². The number of rotatable bonds is 4. The van der Waals surface area contributed by atoms with Crippen LogP contribution in [-0.2, 0) is 6.42 Å². The van der Waals surface area contributed by atoms with Crippen molar-refractivity contribution in [2.75, 3.05) is 18.5 Å². The second kappa shape index (κ2) is 9.26. The average molecular weight is 477 g/mol. The molecule has 0 bridgehead atoms. The van der Waals surface area contributed by atoms with Crippen molar-refractivity contribution in [1.82, 2.24) is 20.5 Å². The van der Waals surface area contributed by atoms with E-state index in [1.54, 1.807) is 20.0 Å². The van der Waals surface area contributed by atoms with Crippen LogP contribution in [0, 0.1) is 20.8 Å². The molecule has 1 aliphatic rings. The van der Waals surface area contributed by atoms with E-state index in [-0.39, 0.29) is 11.5 Å². The number of hydrogen-bond acceptors (Lipinski definition) is 4. The lowest BCUT2D eigenvalue weighted by atomic mass is 10.1. The molecule has 2 heterocycles. The summed E-state index contributed by atoms with van der Waals surface area (Å²) in [7, 11) is 1.62. The van der Waals surface area contributed by atoms with Gasteiger partial charge in [-0.2, -0.15) is 5.10 Å². The second-order valence-corrected chi connectivity index (χ2v) is 8.85. The van der Waals surface area contributed by atoms with Gasteiger partial charge in [-0.3, -0.25) is 20.1 Å². The highest BCUT2D eigenvalue weighted by atomic mass is 32.1. The Kier molecular flexibility index (Phi) is 6.39. The number of aryl methyl sites for hydroxylation is 3. The highest BCUT2D eigenvalue weighted by Gasteiger charge is 2.23. The number of nitrogens with zero attached hydrogens (tertiary/aromatic N) is 3. The van der Waals surface area contributed by atoms with Gasteiger partial charge in [0, 0.05) is 30.5 Å². The molecule has 3 N–H and O–H groups in total. The minimum Gasteiger partial charge on any atom is -0.355 e. The Labute approximate surface area is 203 Å². The van der Waals surface area contributed by atoms with Crippen molar-refractivity contribution in [1.29, 1.82) is 0 Å². The normalized spacial score (nSPS) is 13.1. The quantitative estimate of drug-likeness (QED) is 0.306. The first-order valence-corrected chi connectivity index (χ1v) is 11.5. The summed E-state index contributed by atoms with van der Waals surface area (Å²) in [5, 5.41) is 10.7. The van der Waals surface area contributed by atoms with Gasteiger partial charge in [0.2, 0.25) is 0 Å². The molecule has 0 saturated carbocycles. The summed E-state index contributed by atoms with van der Waals surface area (Å²) in [5.74, 6) is -0.115. The number of carbonyl (C=O) groups is 1. The van der Waals surface area contributed by atoms with Gasteiger partial charge in [0.15, 0.2) is 5.11 Å². The lowest BCUT2D eigenvalue weighted by Gasteiger charge is -2.19. The van der Waals surface area contributed by atoms with E-state index < -0.39 is 0 Å². The van der Waals surface area contributed by atoms with E-state index in [4.69, 9.17) is 12.2 Å². The fourth-order valence-corrected chi connectivity index (χ4v) is 4.40. The lowest BCUT2D eigenvalue weighted by Crippen LogP contribution is -2.36. The van der Waals surface area contributed by atoms with Crippen LogP contribution in [0.1, 0.15) is 45.2 Å². The number of fused-ring (bicyclic) bond motifs is 1. The minimum atomic E-state index is -0.164. The average Bonchev–Trinajstić information content (AvgIpc) is 3.38. The summed E-state index contributed by atoms with van der Waals surface area (Å²) >= 11 is 5.58. The van der Waals surface area contributed by atoms with E-state index >= 15 is 0 Å². The largest absolute Gasteiger partial charge is 0.355 e. The van der Waals surface area contributed by atoms with E-state index in [0.29, 0.717) is 28.5 Å². The third-order valence-electron chi connectivity index (χ3n) is 6.21. The third-order valence-corrected chi connectivity index (χ3v) is 6.52. The van der Waals surface area contributed by atoms with Crippen LogP contribution >= 0.6 is 12.2 Å². The molecule has 0 saturated heterocycles. The highest BCUT2D eigenvalue weighted by molar-refractivity contribution is 7.80. The van der Waals surface area contributed by atoms with Gasteiger partial charge >= 0.3 is 0 Å². The fourth-order valence-electron chi connectivity index (χ4n) is 4.17. The molecule has 0 unspecified atom stereocenters. The SMILES string of the molecule is CNC(=O)c1ccc2c(c1)CCN2C(=S)N/N=C(\C)c1c(C)[nH]n(-c2ccc(C)c(C)c2)c1=O. The number of benzene rings is 2. The number of thiocarbonyl (C=S) groups is 1. The molecular weight excluding hydrogens is 448 g/mol. The van der Waals surface area contributed by atoms with Gasteiger partial charge < -0.3 is 10.2 Å². The number of amides is 1. The molecule has 0 spiro atoms. The summed E-state index contributed by atoms with van der Waals surface area (Å²) < 4.78 is 1.54. The summed E-state index contributed by atoms with van der Waals surface area (Å²) in [5.41, 5.74) is 10.2. The van der Waals surface area contributed by atoms with Crippen LogP contribution in [0.3, 0.4) is 0 Å². The number of aromatic amines is 1. The maximum absolute atomic E-state index is 13.2. The van der Waals surface area contributed by atoms with Crippen LogP contribution in [0.4, 0.5) is 5.69 Å². The van der Waals surface area contributed by atoms with Crippen molar-refractivity contribution in [3.63, 3.8) is 0 Å². The minimum absolute atomic E-state index is 0.115. The molecule has 0 radical (unpaired) electrons. The van der Waals surface area contributed by atoms with Gasteiger partial charge in [-0.15, -0.1) is 0 Å². The van der Waals surface area contributed by atoms with Crippen molar-refractivity contribution in [2.24, 2.45) is 5.10 Å². The molecule has 0 atom stereocenters. The zero-order chi connectivity index (χ0) is 24.6. The van der Waals surface area contributed by atoms with Gasteiger partial charge in [0.25, 0.3) is 11.5 Å². The first kappa shape index (κ1) is 23.4. The van der Waals surface area contributed by atoms with Crippen LogP contribution in [0.15, 0.2) is 46.3 Å². The molecule has 176 valence electrons. The van der Waals surface area contributed by atoms with E-state index in [2.05, 4.69) is 20.9 Å². The van der Waals surface area contributed by atoms with Gasteiger partial charge in [0.05, 0.1) is 17.0 Å². The highest BCUT2D eigenvalue weighted by Crippen LogP contribution is 2.29. The fraction of sp³-hybridized carbons (Fsp3) is 0.280. The number of hydrogen-bond donors (Lipinski definition) is 3. The van der Waals surface area contributed by atoms with Gasteiger partial charge in [-0.05, 0) is 93.4 Å². The van der Waals surface area contributed by atoms with Crippen LogP contribution < -0.4 is 21.2 Å². The molecule has 1 amide bonds. The number of nitrogens with one attached hydrogen (secondary N) is 3. The number of anilines is 1. The van der Waals surface area contributed by atoms with Crippen molar-refractivity contribution < 1.29 is 4.79 Å². The summed E-state index contributed by atoms with van der Waals surface area (Å²) in [4.78, 5) is 27.0. The third kappa shape index (κ3) is 4.26. The van der Waals surface area contributed by atoms with Crippen molar-refractivity contribution in [3.8, 4) is 5.69 Å². The van der Waals surface area contributed by atoms with Crippen LogP contribution in [0.2, 0.25) is 0 Å². The molecule has 0 fully saturated rings. The zero-order valence-corrected chi connectivity index (χ0v) is 20.8. The Morgan fingerprint density at radius 1 is 1.12 bits per heavy atom. The monoisotopic (exact) mass is 476 g/mol. The first-order chi connectivity index (χ1) is 16.2. The first-order valence-electron chi connectivity index (χ1n) is 11.1. The van der Waals surface area contributed by atoms with E-state index in [9.17, 15) is 9.59 Å². The van der Waals surface area contributed by atoms with Crippen LogP contribution in [0.25, 0.3) is 5.69 Å². The zero-order valence-electron chi connectivity index (χ0n) is 19.9. The standard InChI is InChI=1S/C25H28N6O2S/c1-14-6-8-20(12-15(14)2)31-24(33)22(17(4)29-31)16(3)27-28-25(34)30-11-10-18-13-19(23(32)26-5)7-9-21(18)30/h6-9,12-13,29H,10-11H2,1-5H3,(H,26,32)(H,28,34)/b27-16+. The summed E-state index contributed by atoms with van der Waals surface area (Å²) in [6.07, 6.45) is 0.780. The van der Waals surface area contributed by atoms with Gasteiger partial charge in [0.1, 0.15) is 0 Å². The molecule has 34 heavy (non-hydrogen) atoms. The van der Waals surface area contributed by atoms with E-state index in [1.807, 2.05) is 56.0 Å². The van der Waals surface area contributed by atoms with Crippen molar-refractivity contribution in [2.45, 2.75) is 34.1 Å². The Balaban J connectivity index is 1.54. The maximum atomic E-state index is 13.2. The molecular formula is C25H28N6O2S. The Morgan fingerprint density at radius 3 is 2.59 bits per heavy atom. The second-order valence-electron chi connectivity index (χ2n) is 8.46. The maximum Gasteiger partial charge on any atom is 0.280 e. The predicted octanol–water partition coefficient (Wildman–Crippen LogP) is 3.11. The summed E-state index contributed by atoms with van der Waals surface area (Å²) in [6, 6.07) is 11.5. The van der Waals surface area contributed by atoms with E-state index in [1.165, 1.54) is 10.2 Å². The van der Waals surface area contributed by atoms with Crippen LogP contribution in [0.5, 0.6) is 0 Å². The lowest BCUT2D eigenvalue weighted by molar-refractivity contribution is 0.0963. The van der Waals surface area contributed by atoms with Gasteiger partial charge in [-0.1, -0.05) is 6.07 Å².